The summed E-state index contributed by atoms with van der Waals surface area (Å²) in [4.78, 5) is 30.4. The van der Waals surface area contributed by atoms with Gasteiger partial charge in [0.1, 0.15) is 0 Å². The first-order valence-corrected chi connectivity index (χ1v) is 13.1. The second-order valence-corrected chi connectivity index (χ2v) is 9.99. The van der Waals surface area contributed by atoms with E-state index in [4.69, 9.17) is 11.6 Å². The van der Waals surface area contributed by atoms with Crippen molar-refractivity contribution in [2.45, 2.75) is 0 Å². The third-order valence-corrected chi connectivity index (χ3v) is 6.76. The first kappa shape index (κ1) is 26.2. The predicted molar refractivity (Wildman–Crippen MR) is 160 cm³/mol. The van der Waals surface area contributed by atoms with Gasteiger partial charge in [-0.05, 0) is 68.2 Å². The van der Waals surface area contributed by atoms with Gasteiger partial charge in [-0.1, -0.05) is 66.2 Å². The summed E-state index contributed by atoms with van der Waals surface area (Å²) >= 11 is 6.17. The molecule has 0 radical (unpaired) electrons. The summed E-state index contributed by atoms with van der Waals surface area (Å²) < 4.78 is 0. The number of halogens is 1. The summed E-state index contributed by atoms with van der Waals surface area (Å²) in [5.41, 5.74) is 5.81. The van der Waals surface area contributed by atoms with Gasteiger partial charge in [-0.15, -0.1) is 0 Å². The monoisotopic (exact) mass is 536 g/mol. The molecule has 6 nitrogen and oxygen atoms in total. The Morgan fingerprint density at radius 2 is 1.46 bits per heavy atom. The Morgan fingerprint density at radius 1 is 0.821 bits per heavy atom. The molecule has 0 fully saturated rings. The lowest BCUT2D eigenvalue weighted by atomic mass is 10.00. The first-order valence-electron chi connectivity index (χ1n) is 12.7. The number of hydrogen-bond donors (Lipinski definition) is 2. The van der Waals surface area contributed by atoms with Crippen LogP contribution in [-0.2, 0) is 4.79 Å². The van der Waals surface area contributed by atoms with Crippen LogP contribution in [0.2, 0.25) is 5.02 Å². The minimum atomic E-state index is -0.196. The van der Waals surface area contributed by atoms with E-state index in [1.807, 2.05) is 105 Å². The summed E-state index contributed by atoms with van der Waals surface area (Å²) in [6, 6.07) is 32.1. The Labute approximate surface area is 233 Å². The highest BCUT2D eigenvalue weighted by atomic mass is 35.5. The number of amides is 2. The summed E-state index contributed by atoms with van der Waals surface area (Å²) in [6.45, 7) is 1.27. The molecule has 1 heterocycles. The smallest absolute Gasteiger partial charge is 0.258 e. The van der Waals surface area contributed by atoms with Crippen LogP contribution in [0.3, 0.4) is 0 Å². The lowest BCUT2D eigenvalue weighted by molar-refractivity contribution is -0.110. The fourth-order valence-electron chi connectivity index (χ4n) is 4.53. The van der Waals surface area contributed by atoms with E-state index in [2.05, 4.69) is 15.5 Å². The largest absolute Gasteiger partial charge is 0.354 e. The molecule has 5 rings (SSSR count). The van der Waals surface area contributed by atoms with Crippen molar-refractivity contribution in [3.63, 3.8) is 0 Å². The number of carbonyl (C=O) groups is 2. The summed E-state index contributed by atoms with van der Waals surface area (Å²) in [6.07, 6.45) is 0. The van der Waals surface area contributed by atoms with Crippen molar-refractivity contribution in [1.29, 1.82) is 0 Å². The molecule has 0 saturated carbocycles. The Morgan fingerprint density at radius 3 is 2.10 bits per heavy atom. The van der Waals surface area contributed by atoms with Gasteiger partial charge in [0.25, 0.3) is 11.8 Å². The summed E-state index contributed by atoms with van der Waals surface area (Å²) in [5.74, 6) is -0.248. The number of likely N-dealkylation sites (N-methyl/N-ethyl adjacent to an activating group) is 1. The van der Waals surface area contributed by atoms with Gasteiger partial charge < -0.3 is 20.4 Å². The molecule has 2 amide bonds. The SMILES string of the molecule is CN(C)CCN(C(=O)c1ccccc1)c1ccc(N/C(=C2\C(=O)Nc3cc(Cl)ccc32)c2ccccc2)cc1. The maximum atomic E-state index is 13.4. The molecule has 0 bridgehead atoms. The molecule has 196 valence electrons. The van der Waals surface area contributed by atoms with E-state index < -0.39 is 0 Å². The molecule has 0 atom stereocenters. The van der Waals surface area contributed by atoms with Crippen molar-refractivity contribution < 1.29 is 9.59 Å². The standard InChI is InChI=1S/C32H29ClN4O2/c1-36(2)19-20-37(32(39)23-11-7-4-8-12-23)26-16-14-25(15-17-26)34-30(22-9-5-3-6-10-22)29-27-18-13-24(33)21-28(27)35-31(29)38/h3-18,21,34H,19-20H2,1-2H3,(H,35,38)/b30-29-. The normalized spacial score (nSPS) is 13.6. The van der Waals surface area contributed by atoms with E-state index in [9.17, 15) is 9.59 Å². The first-order chi connectivity index (χ1) is 18.9. The van der Waals surface area contributed by atoms with Crippen LogP contribution < -0.4 is 15.5 Å². The average molecular weight is 537 g/mol. The number of anilines is 3. The van der Waals surface area contributed by atoms with Crippen LogP contribution in [-0.4, -0.2) is 43.9 Å². The van der Waals surface area contributed by atoms with E-state index in [1.165, 1.54) is 0 Å². The van der Waals surface area contributed by atoms with Gasteiger partial charge in [0, 0.05) is 40.6 Å². The van der Waals surface area contributed by atoms with Gasteiger partial charge in [0.2, 0.25) is 0 Å². The molecule has 2 N–H and O–H groups in total. The molecule has 0 aliphatic carbocycles. The molecule has 4 aromatic rings. The van der Waals surface area contributed by atoms with Crippen molar-refractivity contribution in [2.75, 3.05) is 42.7 Å². The molecule has 1 aliphatic heterocycles. The van der Waals surface area contributed by atoms with Gasteiger partial charge in [-0.2, -0.15) is 0 Å². The fraction of sp³-hybridized carbons (Fsp3) is 0.125. The van der Waals surface area contributed by atoms with Crippen molar-refractivity contribution in [2.24, 2.45) is 0 Å². The van der Waals surface area contributed by atoms with Crippen LogP contribution in [0.25, 0.3) is 11.3 Å². The molecule has 0 aromatic heterocycles. The van der Waals surface area contributed by atoms with Crippen LogP contribution in [0.15, 0.2) is 103 Å². The quantitative estimate of drug-likeness (QED) is 0.253. The molecule has 4 aromatic carbocycles. The number of nitrogens with one attached hydrogen (secondary N) is 2. The minimum absolute atomic E-state index is 0.0526. The molecular formula is C32H29ClN4O2. The average Bonchev–Trinajstić information content (AvgIpc) is 3.27. The molecule has 0 spiro atoms. The second-order valence-electron chi connectivity index (χ2n) is 9.56. The highest BCUT2D eigenvalue weighted by molar-refractivity contribution is 6.38. The van der Waals surface area contributed by atoms with E-state index in [0.717, 1.165) is 29.0 Å². The highest BCUT2D eigenvalue weighted by Gasteiger charge is 2.28. The van der Waals surface area contributed by atoms with Crippen LogP contribution in [0.1, 0.15) is 21.5 Å². The van der Waals surface area contributed by atoms with E-state index in [1.54, 1.807) is 17.0 Å². The molecule has 1 aliphatic rings. The third kappa shape index (κ3) is 5.87. The van der Waals surface area contributed by atoms with Crippen molar-refractivity contribution in [3.05, 3.63) is 125 Å². The molecular weight excluding hydrogens is 508 g/mol. The minimum Gasteiger partial charge on any atom is -0.354 e. The lowest BCUT2D eigenvalue weighted by Gasteiger charge is -2.25. The number of hydrogen-bond acceptors (Lipinski definition) is 4. The van der Waals surface area contributed by atoms with Gasteiger partial charge in [0.05, 0.1) is 17.0 Å². The zero-order chi connectivity index (χ0) is 27.4. The number of fused-ring (bicyclic) bond motifs is 1. The van der Waals surface area contributed by atoms with Crippen molar-refractivity contribution >= 4 is 51.7 Å². The Balaban J connectivity index is 1.49. The fourth-order valence-corrected chi connectivity index (χ4v) is 4.70. The molecule has 7 heteroatoms. The second kappa shape index (κ2) is 11.6. The highest BCUT2D eigenvalue weighted by Crippen LogP contribution is 2.39. The maximum Gasteiger partial charge on any atom is 0.258 e. The van der Waals surface area contributed by atoms with Crippen LogP contribution in [0.5, 0.6) is 0 Å². The summed E-state index contributed by atoms with van der Waals surface area (Å²) in [7, 11) is 3.98. The van der Waals surface area contributed by atoms with Crippen LogP contribution in [0.4, 0.5) is 17.1 Å². The predicted octanol–water partition coefficient (Wildman–Crippen LogP) is 6.48. The van der Waals surface area contributed by atoms with E-state index in [-0.39, 0.29) is 11.8 Å². The topological polar surface area (TPSA) is 64.7 Å². The number of rotatable bonds is 8. The Hall–Kier alpha value is -4.39. The zero-order valence-electron chi connectivity index (χ0n) is 21.8. The molecule has 0 unspecified atom stereocenters. The van der Waals surface area contributed by atoms with Crippen molar-refractivity contribution in [1.82, 2.24) is 4.90 Å². The zero-order valence-corrected chi connectivity index (χ0v) is 22.6. The number of nitrogens with zero attached hydrogens (tertiary/aromatic N) is 2. The summed E-state index contributed by atoms with van der Waals surface area (Å²) in [5, 5.41) is 6.96. The van der Waals surface area contributed by atoms with Crippen LogP contribution in [0, 0.1) is 0 Å². The molecule has 0 saturated heterocycles. The van der Waals surface area contributed by atoms with Gasteiger partial charge in [-0.3, -0.25) is 9.59 Å². The number of carbonyl (C=O) groups excluding carboxylic acids is 2. The number of benzene rings is 4. The third-order valence-electron chi connectivity index (χ3n) is 6.52. The Kier molecular flexibility index (Phi) is 7.77. The van der Waals surface area contributed by atoms with Crippen molar-refractivity contribution in [3.8, 4) is 0 Å². The lowest BCUT2D eigenvalue weighted by Crippen LogP contribution is -2.36. The van der Waals surface area contributed by atoms with Gasteiger partial charge >= 0.3 is 0 Å². The maximum absolute atomic E-state index is 13.4. The van der Waals surface area contributed by atoms with E-state index >= 15 is 0 Å². The van der Waals surface area contributed by atoms with Gasteiger partial charge in [0.15, 0.2) is 0 Å². The molecule has 39 heavy (non-hydrogen) atoms. The Bertz CT molecular complexity index is 1520. The van der Waals surface area contributed by atoms with Gasteiger partial charge in [-0.25, -0.2) is 0 Å². The van der Waals surface area contributed by atoms with E-state index in [0.29, 0.717) is 34.1 Å². The van der Waals surface area contributed by atoms with Crippen LogP contribution >= 0.6 is 11.6 Å².